The van der Waals surface area contributed by atoms with Crippen LogP contribution in [-0.2, 0) is 28.7 Å². The van der Waals surface area contributed by atoms with E-state index >= 15 is 0 Å². The van der Waals surface area contributed by atoms with Crippen molar-refractivity contribution in [2.24, 2.45) is 5.41 Å². The van der Waals surface area contributed by atoms with Crippen LogP contribution in [0.4, 0.5) is 0 Å². The molecule has 0 aromatic heterocycles. The monoisotopic (exact) mass is 332 g/mol. The number of ether oxygens (including phenoxy) is 2. The fourth-order valence-electron chi connectivity index (χ4n) is 1.70. The van der Waals surface area contributed by atoms with Crippen LogP contribution in [0, 0.1) is 5.41 Å². The molecule has 132 valence electrons. The highest BCUT2D eigenvalue weighted by atomic mass is 16.6. The Morgan fingerprint density at radius 3 is 1.13 bits per heavy atom. The molecule has 0 spiro atoms. The Balaban J connectivity index is 5.43. The number of aliphatic carboxylic acids is 2. The van der Waals surface area contributed by atoms with Crippen molar-refractivity contribution in [3.63, 3.8) is 0 Å². The largest absolute Gasteiger partial charge is 0.480 e. The van der Waals surface area contributed by atoms with Crippen LogP contribution in [-0.4, -0.2) is 45.3 Å². The average Bonchev–Trinajstić information content (AvgIpc) is 2.21. The normalized spacial score (nSPS) is 12.4. The number of esters is 2. The van der Waals surface area contributed by atoms with Crippen LogP contribution in [0.1, 0.15) is 54.4 Å². The minimum absolute atomic E-state index is 0.911. The van der Waals surface area contributed by atoms with Gasteiger partial charge >= 0.3 is 23.9 Å². The zero-order valence-electron chi connectivity index (χ0n) is 14.3. The van der Waals surface area contributed by atoms with Gasteiger partial charge in [0.05, 0.1) is 12.8 Å². The summed E-state index contributed by atoms with van der Waals surface area (Å²) in [6, 6.07) is 0. The summed E-state index contributed by atoms with van der Waals surface area (Å²) < 4.78 is 9.92. The molecule has 0 aromatic carbocycles. The number of rotatable bonds is 6. The summed E-state index contributed by atoms with van der Waals surface area (Å²) in [5.74, 6) is -5.65. The highest BCUT2D eigenvalue weighted by Crippen LogP contribution is 2.31. The molecule has 0 fully saturated rings. The van der Waals surface area contributed by atoms with E-state index in [2.05, 4.69) is 0 Å². The van der Waals surface area contributed by atoms with E-state index in [4.69, 9.17) is 9.47 Å². The van der Waals surface area contributed by atoms with Gasteiger partial charge in [-0.15, -0.1) is 0 Å². The molecule has 0 radical (unpaired) electrons. The zero-order chi connectivity index (χ0) is 18.6. The van der Waals surface area contributed by atoms with Crippen molar-refractivity contribution in [2.45, 2.75) is 65.6 Å². The summed E-state index contributed by atoms with van der Waals surface area (Å²) in [4.78, 5) is 46.6. The molecular formula is C15H24O8. The van der Waals surface area contributed by atoms with Gasteiger partial charge in [-0.2, -0.15) is 0 Å². The summed E-state index contributed by atoms with van der Waals surface area (Å²) in [5, 5.41) is 18.6. The second-order valence-electron chi connectivity index (χ2n) is 7.22. The topological polar surface area (TPSA) is 127 Å². The number of carbonyl (C=O) groups excluding carboxylic acids is 2. The zero-order valence-corrected chi connectivity index (χ0v) is 14.3. The first kappa shape index (κ1) is 20.9. The van der Waals surface area contributed by atoms with E-state index in [1.165, 1.54) is 0 Å². The van der Waals surface area contributed by atoms with Crippen molar-refractivity contribution in [1.82, 2.24) is 0 Å². The summed E-state index contributed by atoms with van der Waals surface area (Å²) in [6.45, 7) is 9.35. The maximum absolute atomic E-state index is 11.8. The van der Waals surface area contributed by atoms with Crippen LogP contribution < -0.4 is 0 Å². The third-order valence-corrected chi connectivity index (χ3v) is 2.55. The van der Waals surface area contributed by atoms with Crippen molar-refractivity contribution >= 4 is 23.9 Å². The molecule has 2 N–H and O–H groups in total. The minimum atomic E-state index is -2.63. The lowest BCUT2D eigenvalue weighted by atomic mass is 9.81. The molecule has 0 aromatic rings. The molecule has 0 saturated carbocycles. The van der Waals surface area contributed by atoms with E-state index in [0.717, 1.165) is 0 Å². The van der Waals surface area contributed by atoms with Crippen molar-refractivity contribution in [3.05, 3.63) is 0 Å². The number of hydrogen-bond acceptors (Lipinski definition) is 6. The highest BCUT2D eigenvalue weighted by molar-refractivity contribution is 6.04. The average molecular weight is 332 g/mol. The van der Waals surface area contributed by atoms with Gasteiger partial charge in [-0.1, -0.05) is 0 Å². The molecule has 0 aliphatic heterocycles. The van der Waals surface area contributed by atoms with E-state index in [1.807, 2.05) is 0 Å². The van der Waals surface area contributed by atoms with Crippen LogP contribution >= 0.6 is 0 Å². The molecule has 0 heterocycles. The van der Waals surface area contributed by atoms with Crippen molar-refractivity contribution in [1.29, 1.82) is 0 Å². The first-order chi connectivity index (χ1) is 10.1. The summed E-state index contributed by atoms with van der Waals surface area (Å²) in [5.41, 5.74) is -4.46. The standard InChI is InChI=1S/C15H24O8/c1-13(2,3)22-9(16)7-15(11(18)19,12(20)21)8-10(17)23-14(4,5)6/h7-8H2,1-6H3,(H,18,19)(H,20,21). The molecule has 0 rings (SSSR count). The molecule has 0 saturated heterocycles. The van der Waals surface area contributed by atoms with Crippen LogP contribution in [0.15, 0.2) is 0 Å². The Labute approximate surface area is 134 Å². The maximum atomic E-state index is 11.8. The van der Waals surface area contributed by atoms with Gasteiger partial charge in [0.1, 0.15) is 11.2 Å². The predicted molar refractivity (Wildman–Crippen MR) is 78.6 cm³/mol. The Hall–Kier alpha value is -2.12. The van der Waals surface area contributed by atoms with E-state index < -0.39 is 53.3 Å². The van der Waals surface area contributed by atoms with Crippen LogP contribution in [0.5, 0.6) is 0 Å². The van der Waals surface area contributed by atoms with E-state index in [1.54, 1.807) is 41.5 Å². The molecule has 8 heteroatoms. The third kappa shape index (κ3) is 7.12. The molecule has 23 heavy (non-hydrogen) atoms. The van der Waals surface area contributed by atoms with Crippen molar-refractivity contribution in [2.75, 3.05) is 0 Å². The van der Waals surface area contributed by atoms with Gasteiger partial charge in [0.15, 0.2) is 5.41 Å². The first-order valence-corrected chi connectivity index (χ1v) is 6.99. The lowest BCUT2D eigenvalue weighted by Gasteiger charge is -2.27. The van der Waals surface area contributed by atoms with E-state index in [-0.39, 0.29) is 0 Å². The number of carboxylic acids is 2. The van der Waals surface area contributed by atoms with Gasteiger partial charge in [0.2, 0.25) is 0 Å². The lowest BCUT2D eigenvalue weighted by Crippen LogP contribution is -2.45. The molecule has 0 aliphatic carbocycles. The lowest BCUT2D eigenvalue weighted by molar-refractivity contribution is -0.180. The second kappa shape index (κ2) is 6.97. The number of carboxylic acid groups (broad SMARTS) is 2. The maximum Gasteiger partial charge on any atom is 0.322 e. The fraction of sp³-hybridized carbons (Fsp3) is 0.733. The second-order valence-corrected chi connectivity index (χ2v) is 7.22. The number of hydrogen-bond donors (Lipinski definition) is 2. The molecule has 0 aliphatic rings. The highest BCUT2D eigenvalue weighted by Gasteiger charge is 2.51. The first-order valence-electron chi connectivity index (χ1n) is 6.99. The van der Waals surface area contributed by atoms with E-state index in [9.17, 15) is 29.4 Å². The van der Waals surface area contributed by atoms with Crippen molar-refractivity contribution in [3.8, 4) is 0 Å². The smallest absolute Gasteiger partial charge is 0.322 e. The van der Waals surface area contributed by atoms with Crippen molar-refractivity contribution < 1.29 is 38.9 Å². The SMILES string of the molecule is CC(C)(C)OC(=O)CC(CC(=O)OC(C)(C)C)(C(=O)O)C(=O)O. The molecular weight excluding hydrogens is 308 g/mol. The van der Waals surface area contributed by atoms with Crippen LogP contribution in [0.25, 0.3) is 0 Å². The van der Waals surface area contributed by atoms with Gasteiger partial charge in [-0.25, -0.2) is 0 Å². The van der Waals surface area contributed by atoms with E-state index in [0.29, 0.717) is 0 Å². The minimum Gasteiger partial charge on any atom is -0.480 e. The molecule has 0 unspecified atom stereocenters. The Morgan fingerprint density at radius 2 is 0.957 bits per heavy atom. The van der Waals surface area contributed by atoms with Gasteiger partial charge in [-0.3, -0.25) is 19.2 Å². The Morgan fingerprint density at radius 1 is 0.696 bits per heavy atom. The number of carbonyl (C=O) groups is 4. The molecule has 0 amide bonds. The molecule has 0 atom stereocenters. The van der Waals surface area contributed by atoms with Gasteiger partial charge in [0.25, 0.3) is 0 Å². The quantitative estimate of drug-likeness (QED) is 0.554. The third-order valence-electron chi connectivity index (χ3n) is 2.55. The van der Waals surface area contributed by atoms with Crippen LogP contribution in [0.3, 0.4) is 0 Å². The van der Waals surface area contributed by atoms with Crippen LogP contribution in [0.2, 0.25) is 0 Å². The summed E-state index contributed by atoms with van der Waals surface area (Å²) in [6.07, 6.45) is -1.96. The molecule has 0 bridgehead atoms. The summed E-state index contributed by atoms with van der Waals surface area (Å²) >= 11 is 0. The summed E-state index contributed by atoms with van der Waals surface area (Å²) in [7, 11) is 0. The van der Waals surface area contributed by atoms with Gasteiger partial charge < -0.3 is 19.7 Å². The Kier molecular flexibility index (Phi) is 6.33. The fourth-order valence-corrected chi connectivity index (χ4v) is 1.70. The van der Waals surface area contributed by atoms with Gasteiger partial charge in [-0.05, 0) is 41.5 Å². The molecule has 8 nitrogen and oxygen atoms in total. The Bertz CT molecular complexity index is 447. The predicted octanol–water partition coefficient (Wildman–Crippen LogP) is 1.61. The van der Waals surface area contributed by atoms with Gasteiger partial charge in [0, 0.05) is 0 Å².